The standard InChI is InChI=1S/C26H30N4O/c1-2-29-25(31)26(12-7-15-30(20-26)19-21-8-5-13-27-17-21)16-22-9-3-4-11-24(22)23-10-6-14-28-18-23/h3-6,8-11,13-14,17-18H,2,7,12,15-16,19-20H2,1H3,(H,29,31). The van der Waals surface area contributed by atoms with E-state index in [0.29, 0.717) is 13.0 Å². The van der Waals surface area contributed by atoms with Crippen LogP contribution in [0.25, 0.3) is 11.1 Å². The van der Waals surface area contributed by atoms with Crippen LogP contribution in [0.5, 0.6) is 0 Å². The van der Waals surface area contributed by atoms with Crippen molar-refractivity contribution in [1.29, 1.82) is 0 Å². The Morgan fingerprint density at radius 3 is 2.61 bits per heavy atom. The molecular weight excluding hydrogens is 384 g/mol. The summed E-state index contributed by atoms with van der Waals surface area (Å²) < 4.78 is 0. The maximum atomic E-state index is 13.4. The number of nitrogens with zero attached hydrogens (tertiary/aromatic N) is 3. The topological polar surface area (TPSA) is 58.1 Å². The van der Waals surface area contributed by atoms with Gasteiger partial charge in [0.05, 0.1) is 5.41 Å². The molecule has 1 N–H and O–H groups in total. The van der Waals surface area contributed by atoms with Crippen LogP contribution in [0.15, 0.2) is 73.3 Å². The number of pyridine rings is 2. The predicted molar refractivity (Wildman–Crippen MR) is 123 cm³/mol. The number of hydrogen-bond acceptors (Lipinski definition) is 4. The summed E-state index contributed by atoms with van der Waals surface area (Å²) in [6, 6.07) is 16.5. The molecule has 1 aliphatic rings. The quantitative estimate of drug-likeness (QED) is 0.632. The molecule has 2 aromatic heterocycles. The first-order valence-corrected chi connectivity index (χ1v) is 11.1. The second-order valence-electron chi connectivity index (χ2n) is 8.39. The zero-order chi connectivity index (χ0) is 21.5. The van der Waals surface area contributed by atoms with E-state index in [1.807, 2.05) is 31.5 Å². The van der Waals surface area contributed by atoms with E-state index in [0.717, 1.165) is 43.6 Å². The third-order valence-electron chi connectivity index (χ3n) is 6.12. The summed E-state index contributed by atoms with van der Waals surface area (Å²) in [5.74, 6) is 0.159. The Bertz CT molecular complexity index is 993. The van der Waals surface area contributed by atoms with Crippen LogP contribution < -0.4 is 5.32 Å². The minimum atomic E-state index is -0.450. The number of piperidine rings is 1. The van der Waals surface area contributed by atoms with Crippen LogP contribution in [0.1, 0.15) is 30.9 Å². The van der Waals surface area contributed by atoms with E-state index in [1.54, 1.807) is 12.4 Å². The largest absolute Gasteiger partial charge is 0.356 e. The van der Waals surface area contributed by atoms with Gasteiger partial charge in [-0.1, -0.05) is 36.4 Å². The predicted octanol–water partition coefficient (Wildman–Crippen LogP) is 4.10. The van der Waals surface area contributed by atoms with Gasteiger partial charge < -0.3 is 5.32 Å². The summed E-state index contributed by atoms with van der Waals surface area (Å²) in [6.45, 7) is 5.20. The first-order chi connectivity index (χ1) is 15.2. The van der Waals surface area contributed by atoms with Crippen molar-refractivity contribution < 1.29 is 4.79 Å². The summed E-state index contributed by atoms with van der Waals surface area (Å²) in [5.41, 5.74) is 4.18. The molecule has 1 amide bonds. The summed E-state index contributed by atoms with van der Waals surface area (Å²) in [5, 5.41) is 3.13. The molecule has 160 valence electrons. The maximum Gasteiger partial charge on any atom is 0.227 e. The highest BCUT2D eigenvalue weighted by molar-refractivity contribution is 5.84. The number of rotatable bonds is 7. The molecule has 4 rings (SSSR count). The fraction of sp³-hybridized carbons (Fsp3) is 0.346. The molecule has 1 atom stereocenters. The van der Waals surface area contributed by atoms with Crippen molar-refractivity contribution in [3.8, 4) is 11.1 Å². The Hall–Kier alpha value is -3.05. The fourth-order valence-electron chi connectivity index (χ4n) is 4.71. The number of hydrogen-bond donors (Lipinski definition) is 1. The highest BCUT2D eigenvalue weighted by atomic mass is 16.2. The molecule has 0 saturated carbocycles. The molecule has 5 heteroatoms. The molecule has 1 unspecified atom stereocenters. The maximum absolute atomic E-state index is 13.4. The number of carbonyl (C=O) groups excluding carboxylic acids is 1. The minimum absolute atomic E-state index is 0.159. The van der Waals surface area contributed by atoms with Crippen LogP contribution in [0.2, 0.25) is 0 Å². The van der Waals surface area contributed by atoms with Crippen LogP contribution in [0.4, 0.5) is 0 Å². The number of likely N-dealkylation sites (tertiary alicyclic amines) is 1. The van der Waals surface area contributed by atoms with E-state index in [-0.39, 0.29) is 5.91 Å². The third-order valence-corrected chi connectivity index (χ3v) is 6.12. The molecule has 3 heterocycles. The van der Waals surface area contributed by atoms with Gasteiger partial charge in [-0.2, -0.15) is 0 Å². The molecule has 5 nitrogen and oxygen atoms in total. The summed E-state index contributed by atoms with van der Waals surface area (Å²) in [6.07, 6.45) is 10.0. The SMILES string of the molecule is CCNC(=O)C1(Cc2ccccc2-c2cccnc2)CCCN(Cc2cccnc2)C1. The Balaban J connectivity index is 1.64. The molecule has 1 fully saturated rings. The summed E-state index contributed by atoms with van der Waals surface area (Å²) >= 11 is 0. The van der Waals surface area contributed by atoms with Crippen LogP contribution >= 0.6 is 0 Å². The van der Waals surface area contributed by atoms with E-state index < -0.39 is 5.41 Å². The van der Waals surface area contributed by atoms with Crippen molar-refractivity contribution in [2.24, 2.45) is 5.41 Å². The number of aromatic nitrogens is 2. The monoisotopic (exact) mass is 414 g/mol. The van der Waals surface area contributed by atoms with Crippen molar-refractivity contribution in [3.05, 3.63) is 84.4 Å². The molecule has 0 spiro atoms. The van der Waals surface area contributed by atoms with Crippen molar-refractivity contribution in [3.63, 3.8) is 0 Å². The van der Waals surface area contributed by atoms with E-state index in [1.165, 1.54) is 11.1 Å². The summed E-state index contributed by atoms with van der Waals surface area (Å²) in [4.78, 5) is 24.4. The first-order valence-electron chi connectivity index (χ1n) is 11.1. The molecule has 0 aliphatic carbocycles. The molecule has 1 saturated heterocycles. The highest BCUT2D eigenvalue weighted by Gasteiger charge is 2.42. The van der Waals surface area contributed by atoms with E-state index in [2.05, 4.69) is 56.6 Å². The van der Waals surface area contributed by atoms with Gasteiger partial charge in [-0.25, -0.2) is 0 Å². The lowest BCUT2D eigenvalue weighted by Crippen LogP contribution is -2.53. The molecule has 3 aromatic rings. The van der Waals surface area contributed by atoms with Crippen LogP contribution in [0, 0.1) is 5.41 Å². The highest BCUT2D eigenvalue weighted by Crippen LogP contribution is 2.37. The first kappa shape index (κ1) is 21.2. The number of nitrogens with one attached hydrogen (secondary N) is 1. The van der Waals surface area contributed by atoms with E-state index in [9.17, 15) is 4.79 Å². The van der Waals surface area contributed by atoms with Gasteiger partial charge in [-0.3, -0.25) is 19.7 Å². The lowest BCUT2D eigenvalue weighted by molar-refractivity contribution is -0.134. The Kier molecular flexibility index (Phi) is 6.73. The van der Waals surface area contributed by atoms with Gasteiger partial charge in [0.1, 0.15) is 0 Å². The zero-order valence-corrected chi connectivity index (χ0v) is 18.1. The Morgan fingerprint density at radius 1 is 1.06 bits per heavy atom. The molecule has 1 aromatic carbocycles. The normalized spacial score (nSPS) is 19.1. The third kappa shape index (κ3) is 5.00. The minimum Gasteiger partial charge on any atom is -0.356 e. The number of carbonyl (C=O) groups is 1. The molecule has 31 heavy (non-hydrogen) atoms. The Labute approximate surface area is 184 Å². The van der Waals surface area contributed by atoms with Crippen molar-refractivity contribution in [1.82, 2.24) is 20.2 Å². The van der Waals surface area contributed by atoms with Crippen LogP contribution in [-0.4, -0.2) is 40.4 Å². The van der Waals surface area contributed by atoms with Gasteiger partial charge >= 0.3 is 0 Å². The lowest BCUT2D eigenvalue weighted by Gasteiger charge is -2.42. The van der Waals surface area contributed by atoms with Crippen LogP contribution in [0.3, 0.4) is 0 Å². The van der Waals surface area contributed by atoms with E-state index in [4.69, 9.17) is 0 Å². The second-order valence-corrected chi connectivity index (χ2v) is 8.39. The van der Waals surface area contributed by atoms with E-state index >= 15 is 0 Å². The van der Waals surface area contributed by atoms with Gasteiger partial charge in [0.2, 0.25) is 5.91 Å². The van der Waals surface area contributed by atoms with Crippen molar-refractivity contribution in [2.45, 2.75) is 32.7 Å². The average molecular weight is 415 g/mol. The summed E-state index contributed by atoms with van der Waals surface area (Å²) in [7, 11) is 0. The number of benzene rings is 1. The van der Waals surface area contributed by atoms with Crippen LogP contribution in [-0.2, 0) is 17.8 Å². The van der Waals surface area contributed by atoms with Gasteiger partial charge in [-0.05, 0) is 61.6 Å². The molecule has 1 aliphatic heterocycles. The molecular formula is C26H30N4O. The van der Waals surface area contributed by atoms with Gasteiger partial charge in [0, 0.05) is 50.0 Å². The molecule has 0 radical (unpaired) electrons. The smallest absolute Gasteiger partial charge is 0.227 e. The zero-order valence-electron chi connectivity index (χ0n) is 18.1. The van der Waals surface area contributed by atoms with Gasteiger partial charge in [0.25, 0.3) is 0 Å². The van der Waals surface area contributed by atoms with Gasteiger partial charge in [0.15, 0.2) is 0 Å². The Morgan fingerprint density at radius 2 is 1.87 bits per heavy atom. The fourth-order valence-corrected chi connectivity index (χ4v) is 4.71. The van der Waals surface area contributed by atoms with Crippen molar-refractivity contribution in [2.75, 3.05) is 19.6 Å². The van der Waals surface area contributed by atoms with Crippen molar-refractivity contribution >= 4 is 5.91 Å². The van der Waals surface area contributed by atoms with Gasteiger partial charge in [-0.15, -0.1) is 0 Å². The lowest BCUT2D eigenvalue weighted by atomic mass is 9.73. The molecule has 0 bridgehead atoms. The number of amides is 1. The second kappa shape index (κ2) is 9.84. The average Bonchev–Trinajstić information content (AvgIpc) is 2.81.